The number of hydrogen-bond acceptors (Lipinski definition) is 4. The molecule has 0 saturated heterocycles. The Balaban J connectivity index is 3.22. The Morgan fingerprint density at radius 2 is 2.36 bits per heavy atom. The largest absolute Gasteiger partial charge is 0.366 e. The van der Waals surface area contributed by atoms with Crippen LogP contribution < -0.4 is 5.73 Å². The first-order valence-corrected chi connectivity index (χ1v) is 2.69. The molecule has 11 heavy (non-hydrogen) atoms. The highest BCUT2D eigenvalue weighted by molar-refractivity contribution is 5.45. The first kappa shape index (κ1) is 7.39. The monoisotopic (exact) mass is 155 g/mol. The molecule has 0 spiro atoms. The van der Waals surface area contributed by atoms with Crippen LogP contribution in [0, 0.1) is 0 Å². The molecule has 1 aromatic rings. The van der Waals surface area contributed by atoms with Crippen LogP contribution in [-0.2, 0) is 0 Å². The van der Waals surface area contributed by atoms with Gasteiger partial charge in [-0.05, 0) is 13.3 Å². The van der Waals surface area contributed by atoms with Crippen molar-refractivity contribution in [3.8, 4) is 0 Å². The minimum atomic E-state index is -0.795. The van der Waals surface area contributed by atoms with Gasteiger partial charge < -0.3 is 5.73 Å². The van der Waals surface area contributed by atoms with Crippen LogP contribution in [0.1, 0.15) is 0 Å². The van der Waals surface area contributed by atoms with Gasteiger partial charge in [0.25, 0.3) is 5.95 Å². The summed E-state index contributed by atoms with van der Waals surface area (Å²) in [5.41, 5.74) is 5.15. The molecule has 0 fully saturated rings. The number of rotatable bonds is 2. The Morgan fingerprint density at radius 3 is 2.73 bits per heavy atom. The summed E-state index contributed by atoms with van der Waals surface area (Å²) >= 11 is 0. The van der Waals surface area contributed by atoms with E-state index in [2.05, 4.69) is 28.4 Å². The fraction of sp³-hybridized carbons (Fsp3) is 0. The molecule has 0 radical (unpaired) electrons. The Labute approximate surface area is 62.1 Å². The quantitative estimate of drug-likeness (QED) is 0.635. The predicted octanol–water partition coefficient (Wildman–Crippen LogP) is 0.590. The van der Waals surface area contributed by atoms with Crippen LogP contribution in [0.2, 0.25) is 0 Å². The van der Waals surface area contributed by atoms with Crippen molar-refractivity contribution in [1.29, 1.82) is 0 Å². The third-order valence-corrected chi connectivity index (χ3v) is 0.978. The van der Waals surface area contributed by atoms with Gasteiger partial charge >= 0.3 is 0 Å². The second kappa shape index (κ2) is 2.49. The van der Waals surface area contributed by atoms with Gasteiger partial charge in [-0.3, -0.25) is 0 Å². The first-order valence-electron chi connectivity index (χ1n) is 2.69. The van der Waals surface area contributed by atoms with E-state index in [4.69, 9.17) is 5.73 Å². The maximum Gasteiger partial charge on any atom is 0.255 e. The van der Waals surface area contributed by atoms with Crippen molar-refractivity contribution in [2.75, 3.05) is 5.73 Å². The fourth-order valence-electron chi connectivity index (χ4n) is 0.584. The molecule has 0 bridgehead atoms. The zero-order chi connectivity index (χ0) is 8.43. The van der Waals surface area contributed by atoms with Crippen LogP contribution in [0.5, 0.6) is 0 Å². The van der Waals surface area contributed by atoms with Crippen LogP contribution >= 0.6 is 0 Å². The average molecular weight is 155 g/mol. The standard InChI is InChI=1S/C5H6FN5/c1-3(6)11-5(8-2)9-4(7)10-11/h1-2H2,(H2,7,10). The summed E-state index contributed by atoms with van der Waals surface area (Å²) in [6.45, 7) is 6.15. The number of aromatic nitrogens is 3. The third-order valence-electron chi connectivity index (χ3n) is 0.978. The second-order valence-electron chi connectivity index (χ2n) is 1.72. The Bertz CT molecular complexity index is 302. The van der Waals surface area contributed by atoms with Crippen molar-refractivity contribution in [2.45, 2.75) is 0 Å². The molecule has 0 aliphatic rings. The highest BCUT2D eigenvalue weighted by Gasteiger charge is 2.07. The summed E-state index contributed by atoms with van der Waals surface area (Å²) in [6.07, 6.45) is 0. The number of nitrogens with two attached hydrogens (primary N) is 1. The van der Waals surface area contributed by atoms with Crippen LogP contribution in [-0.4, -0.2) is 21.5 Å². The van der Waals surface area contributed by atoms with Gasteiger partial charge in [0.1, 0.15) is 0 Å². The van der Waals surface area contributed by atoms with Crippen LogP contribution in [0.3, 0.4) is 0 Å². The summed E-state index contributed by atoms with van der Waals surface area (Å²) in [4.78, 5) is 6.92. The maximum atomic E-state index is 12.4. The average Bonchev–Trinajstić information content (AvgIpc) is 2.30. The predicted molar refractivity (Wildman–Crippen MR) is 40.1 cm³/mol. The molecule has 2 N–H and O–H groups in total. The summed E-state index contributed by atoms with van der Waals surface area (Å²) in [5, 5.41) is 3.46. The lowest BCUT2D eigenvalue weighted by Gasteiger charge is -1.92. The highest BCUT2D eigenvalue weighted by atomic mass is 19.1. The van der Waals surface area contributed by atoms with Gasteiger partial charge in [-0.1, -0.05) is 0 Å². The lowest BCUT2D eigenvalue weighted by Crippen LogP contribution is -1.94. The van der Waals surface area contributed by atoms with Crippen molar-refractivity contribution < 1.29 is 4.39 Å². The minimum Gasteiger partial charge on any atom is -0.366 e. The summed E-state index contributed by atoms with van der Waals surface area (Å²) < 4.78 is 13.2. The fourth-order valence-corrected chi connectivity index (χ4v) is 0.584. The van der Waals surface area contributed by atoms with Gasteiger partial charge in [0.05, 0.1) is 0 Å². The summed E-state index contributed by atoms with van der Waals surface area (Å²) in [7, 11) is 0. The van der Waals surface area contributed by atoms with E-state index in [0.29, 0.717) is 0 Å². The Hall–Kier alpha value is -1.72. The highest BCUT2D eigenvalue weighted by Crippen LogP contribution is 2.14. The number of halogens is 1. The number of nitrogen functional groups attached to an aromatic ring is 1. The van der Waals surface area contributed by atoms with Gasteiger partial charge in [-0.2, -0.15) is 14.1 Å². The second-order valence-corrected chi connectivity index (χ2v) is 1.72. The van der Waals surface area contributed by atoms with Crippen LogP contribution in [0.25, 0.3) is 5.95 Å². The lowest BCUT2D eigenvalue weighted by atomic mass is 10.9. The lowest BCUT2D eigenvalue weighted by molar-refractivity contribution is 0.657. The molecule has 0 aliphatic heterocycles. The number of nitrogens with zero attached hydrogens (tertiary/aromatic N) is 4. The molecule has 1 aromatic heterocycles. The molecular formula is C5H6FN5. The first-order chi connectivity index (χ1) is 5.15. The van der Waals surface area contributed by atoms with Gasteiger partial charge in [-0.25, -0.2) is 4.99 Å². The molecular weight excluding hydrogens is 149 g/mol. The van der Waals surface area contributed by atoms with Crippen molar-refractivity contribution in [2.24, 2.45) is 4.99 Å². The number of aliphatic imine (C=N–C) groups is 1. The molecule has 0 amide bonds. The summed E-state index contributed by atoms with van der Waals surface area (Å²) in [6, 6.07) is 0. The molecule has 6 heteroatoms. The normalized spacial score (nSPS) is 9.55. The Kier molecular flexibility index (Phi) is 1.67. The van der Waals surface area contributed by atoms with Gasteiger partial charge in [-0.15, -0.1) is 5.10 Å². The van der Waals surface area contributed by atoms with Gasteiger partial charge in [0.2, 0.25) is 11.9 Å². The van der Waals surface area contributed by atoms with Crippen molar-refractivity contribution in [1.82, 2.24) is 14.8 Å². The van der Waals surface area contributed by atoms with E-state index in [1.165, 1.54) is 0 Å². The van der Waals surface area contributed by atoms with E-state index in [-0.39, 0.29) is 11.9 Å². The zero-order valence-electron chi connectivity index (χ0n) is 5.66. The van der Waals surface area contributed by atoms with E-state index in [1.807, 2.05) is 0 Å². The molecule has 0 unspecified atom stereocenters. The Morgan fingerprint density at radius 1 is 1.73 bits per heavy atom. The van der Waals surface area contributed by atoms with Crippen molar-refractivity contribution in [3.05, 3.63) is 6.58 Å². The molecule has 0 atom stereocenters. The van der Waals surface area contributed by atoms with Crippen molar-refractivity contribution >= 4 is 24.6 Å². The number of anilines is 1. The van der Waals surface area contributed by atoms with Gasteiger partial charge in [0, 0.05) is 0 Å². The van der Waals surface area contributed by atoms with Crippen LogP contribution in [0.4, 0.5) is 16.3 Å². The molecule has 1 rings (SSSR count). The van der Waals surface area contributed by atoms with E-state index in [9.17, 15) is 4.39 Å². The van der Waals surface area contributed by atoms with E-state index >= 15 is 0 Å². The molecule has 0 aliphatic carbocycles. The van der Waals surface area contributed by atoms with Crippen molar-refractivity contribution in [3.63, 3.8) is 0 Å². The van der Waals surface area contributed by atoms with E-state index in [1.54, 1.807) is 0 Å². The number of hydrogen-bond donors (Lipinski definition) is 1. The molecule has 0 saturated carbocycles. The SMILES string of the molecule is C=Nc1nc(N)nn1C(=C)F. The minimum absolute atomic E-state index is 0.00463. The molecule has 5 nitrogen and oxygen atoms in total. The molecule has 58 valence electrons. The smallest absolute Gasteiger partial charge is 0.255 e. The third kappa shape index (κ3) is 1.23. The summed E-state index contributed by atoms with van der Waals surface area (Å²) in [5.74, 6) is -0.863. The van der Waals surface area contributed by atoms with Crippen LogP contribution in [0.15, 0.2) is 11.6 Å². The topological polar surface area (TPSA) is 69.1 Å². The van der Waals surface area contributed by atoms with E-state index in [0.717, 1.165) is 4.68 Å². The molecule has 1 heterocycles. The van der Waals surface area contributed by atoms with E-state index < -0.39 is 5.95 Å². The zero-order valence-corrected chi connectivity index (χ0v) is 5.66. The molecule has 0 aromatic carbocycles. The van der Waals surface area contributed by atoms with Gasteiger partial charge in [0.15, 0.2) is 0 Å². The maximum absolute atomic E-state index is 12.4.